The Balaban J connectivity index is 1.48. The maximum Gasteiger partial charge on any atom is 0.224 e. The smallest absolute Gasteiger partial charge is 0.224 e. The summed E-state index contributed by atoms with van der Waals surface area (Å²) in [5.41, 5.74) is 1.11. The summed E-state index contributed by atoms with van der Waals surface area (Å²) in [5, 5.41) is 3.10. The summed E-state index contributed by atoms with van der Waals surface area (Å²) in [7, 11) is 2.20. The van der Waals surface area contributed by atoms with Gasteiger partial charge < -0.3 is 10.2 Å². The summed E-state index contributed by atoms with van der Waals surface area (Å²) in [6.07, 6.45) is 8.17. The first-order chi connectivity index (χ1) is 11.2. The molecule has 5 nitrogen and oxygen atoms in total. The van der Waals surface area contributed by atoms with Crippen LogP contribution in [-0.2, 0) is 11.3 Å². The quantitative estimate of drug-likeness (QED) is 0.915. The number of amides is 1. The fourth-order valence-corrected chi connectivity index (χ4v) is 3.75. The Morgan fingerprint density at radius 2 is 1.96 bits per heavy atom. The molecule has 1 aromatic heterocycles. The number of rotatable bonds is 4. The normalized spacial score (nSPS) is 24.5. The standard InChI is InChI=1S/C18H28N4O/c1-21-11-6-17(7-12-21)22-10-2-3-16(14-22)18(23)20-13-15-4-8-19-9-5-15/h4-5,8-9,16-17H,2-3,6-7,10-14H2,1H3,(H,20,23)/t16-/m0/s1. The highest BCUT2D eigenvalue weighted by atomic mass is 16.1. The van der Waals surface area contributed by atoms with E-state index < -0.39 is 0 Å². The number of likely N-dealkylation sites (tertiary alicyclic amines) is 2. The number of piperidine rings is 2. The van der Waals surface area contributed by atoms with Crippen molar-refractivity contribution >= 4 is 5.91 Å². The van der Waals surface area contributed by atoms with Gasteiger partial charge in [-0.3, -0.25) is 14.7 Å². The maximum absolute atomic E-state index is 12.5. The van der Waals surface area contributed by atoms with E-state index in [0.717, 1.165) is 31.5 Å². The van der Waals surface area contributed by atoms with E-state index in [4.69, 9.17) is 0 Å². The summed E-state index contributed by atoms with van der Waals surface area (Å²) >= 11 is 0. The first-order valence-corrected chi connectivity index (χ1v) is 8.81. The number of nitrogens with one attached hydrogen (secondary N) is 1. The van der Waals surface area contributed by atoms with Crippen LogP contribution in [0.15, 0.2) is 24.5 Å². The molecule has 1 N–H and O–H groups in total. The van der Waals surface area contributed by atoms with Crippen molar-refractivity contribution in [3.63, 3.8) is 0 Å². The fourth-order valence-electron chi connectivity index (χ4n) is 3.75. The topological polar surface area (TPSA) is 48.5 Å². The molecular formula is C18H28N4O. The lowest BCUT2D eigenvalue weighted by Crippen LogP contribution is -2.50. The van der Waals surface area contributed by atoms with Gasteiger partial charge in [-0.1, -0.05) is 0 Å². The van der Waals surface area contributed by atoms with Crippen molar-refractivity contribution in [2.24, 2.45) is 5.92 Å². The fraction of sp³-hybridized carbons (Fsp3) is 0.667. The molecule has 2 aliphatic rings. The highest BCUT2D eigenvalue weighted by molar-refractivity contribution is 5.78. The Morgan fingerprint density at radius 3 is 2.70 bits per heavy atom. The van der Waals surface area contributed by atoms with Gasteiger partial charge in [-0.25, -0.2) is 0 Å². The molecule has 23 heavy (non-hydrogen) atoms. The highest BCUT2D eigenvalue weighted by Crippen LogP contribution is 2.23. The molecule has 0 radical (unpaired) electrons. The average Bonchev–Trinajstić information content (AvgIpc) is 2.61. The predicted octanol–water partition coefficient (Wildman–Crippen LogP) is 1.50. The minimum atomic E-state index is 0.144. The predicted molar refractivity (Wildman–Crippen MR) is 90.9 cm³/mol. The summed E-state index contributed by atoms with van der Waals surface area (Å²) in [5.74, 6) is 0.352. The molecule has 2 saturated heterocycles. The Hall–Kier alpha value is -1.46. The molecule has 1 amide bonds. The van der Waals surface area contributed by atoms with Gasteiger partial charge in [-0.05, 0) is 70.1 Å². The van der Waals surface area contributed by atoms with Crippen molar-refractivity contribution < 1.29 is 4.79 Å². The Labute approximate surface area is 139 Å². The van der Waals surface area contributed by atoms with E-state index in [1.165, 1.54) is 25.9 Å². The van der Waals surface area contributed by atoms with Gasteiger partial charge in [-0.15, -0.1) is 0 Å². The third-order valence-corrected chi connectivity index (χ3v) is 5.24. The number of carbonyl (C=O) groups is 1. The third-order valence-electron chi connectivity index (χ3n) is 5.24. The second-order valence-electron chi connectivity index (χ2n) is 6.94. The average molecular weight is 316 g/mol. The van der Waals surface area contributed by atoms with E-state index >= 15 is 0 Å². The van der Waals surface area contributed by atoms with E-state index in [1.807, 2.05) is 12.1 Å². The van der Waals surface area contributed by atoms with Crippen molar-refractivity contribution in [1.82, 2.24) is 20.1 Å². The van der Waals surface area contributed by atoms with E-state index in [1.54, 1.807) is 12.4 Å². The van der Waals surface area contributed by atoms with E-state index in [9.17, 15) is 4.79 Å². The van der Waals surface area contributed by atoms with E-state index in [2.05, 4.69) is 27.1 Å². The van der Waals surface area contributed by atoms with Crippen molar-refractivity contribution in [2.75, 3.05) is 33.2 Å². The zero-order chi connectivity index (χ0) is 16.1. The zero-order valence-electron chi connectivity index (χ0n) is 14.1. The van der Waals surface area contributed by atoms with Crippen LogP contribution in [0.4, 0.5) is 0 Å². The minimum Gasteiger partial charge on any atom is -0.352 e. The summed E-state index contributed by atoms with van der Waals surface area (Å²) in [6, 6.07) is 4.57. The van der Waals surface area contributed by atoms with Gasteiger partial charge in [0, 0.05) is 31.5 Å². The number of hydrogen-bond acceptors (Lipinski definition) is 4. The maximum atomic E-state index is 12.5. The lowest BCUT2D eigenvalue weighted by atomic mass is 9.93. The Bertz CT molecular complexity index is 499. The minimum absolute atomic E-state index is 0.144. The van der Waals surface area contributed by atoms with Gasteiger partial charge >= 0.3 is 0 Å². The van der Waals surface area contributed by atoms with Crippen molar-refractivity contribution in [3.8, 4) is 0 Å². The van der Waals surface area contributed by atoms with Crippen LogP contribution in [0.3, 0.4) is 0 Å². The second kappa shape index (κ2) is 7.88. The molecule has 0 spiro atoms. The SMILES string of the molecule is CN1CCC(N2CCC[C@H](C(=O)NCc3ccncc3)C2)CC1. The number of hydrogen-bond donors (Lipinski definition) is 1. The molecule has 5 heteroatoms. The monoisotopic (exact) mass is 316 g/mol. The molecule has 3 heterocycles. The van der Waals surface area contributed by atoms with E-state index in [-0.39, 0.29) is 11.8 Å². The molecule has 0 saturated carbocycles. The third kappa shape index (κ3) is 4.52. The summed E-state index contributed by atoms with van der Waals surface area (Å²) in [6.45, 7) is 5.05. The summed E-state index contributed by atoms with van der Waals surface area (Å²) in [4.78, 5) is 21.5. The molecule has 0 aliphatic carbocycles. The van der Waals surface area contributed by atoms with Crippen molar-refractivity contribution in [2.45, 2.75) is 38.3 Å². The van der Waals surface area contributed by atoms with E-state index in [0.29, 0.717) is 12.6 Å². The largest absolute Gasteiger partial charge is 0.352 e. The molecule has 0 unspecified atom stereocenters. The van der Waals surface area contributed by atoms with Crippen LogP contribution in [0.1, 0.15) is 31.2 Å². The molecule has 0 aromatic carbocycles. The van der Waals surface area contributed by atoms with Gasteiger partial charge in [0.2, 0.25) is 5.91 Å². The van der Waals surface area contributed by atoms with Crippen LogP contribution in [0.25, 0.3) is 0 Å². The van der Waals surface area contributed by atoms with Crippen LogP contribution in [0.2, 0.25) is 0 Å². The van der Waals surface area contributed by atoms with Crippen LogP contribution < -0.4 is 5.32 Å². The molecule has 126 valence electrons. The van der Waals surface area contributed by atoms with Crippen LogP contribution in [0.5, 0.6) is 0 Å². The van der Waals surface area contributed by atoms with Crippen molar-refractivity contribution in [3.05, 3.63) is 30.1 Å². The number of pyridine rings is 1. The molecule has 2 fully saturated rings. The lowest BCUT2D eigenvalue weighted by Gasteiger charge is -2.41. The molecule has 1 aromatic rings. The van der Waals surface area contributed by atoms with Gasteiger partial charge in [0.15, 0.2) is 0 Å². The van der Waals surface area contributed by atoms with Crippen molar-refractivity contribution in [1.29, 1.82) is 0 Å². The molecule has 2 aliphatic heterocycles. The Morgan fingerprint density at radius 1 is 1.22 bits per heavy atom. The van der Waals surface area contributed by atoms with Gasteiger partial charge in [0.1, 0.15) is 0 Å². The number of nitrogens with zero attached hydrogens (tertiary/aromatic N) is 3. The zero-order valence-corrected chi connectivity index (χ0v) is 14.1. The van der Waals surface area contributed by atoms with Crippen LogP contribution in [-0.4, -0.2) is 60.0 Å². The molecule has 0 bridgehead atoms. The van der Waals surface area contributed by atoms with Gasteiger partial charge in [-0.2, -0.15) is 0 Å². The molecule has 3 rings (SSSR count). The highest BCUT2D eigenvalue weighted by Gasteiger charge is 2.30. The number of aromatic nitrogens is 1. The van der Waals surface area contributed by atoms with Crippen LogP contribution in [0, 0.1) is 5.92 Å². The Kier molecular flexibility index (Phi) is 5.62. The first-order valence-electron chi connectivity index (χ1n) is 8.81. The summed E-state index contributed by atoms with van der Waals surface area (Å²) < 4.78 is 0. The van der Waals surface area contributed by atoms with Gasteiger partial charge in [0.05, 0.1) is 5.92 Å². The lowest BCUT2D eigenvalue weighted by molar-refractivity contribution is -0.127. The first kappa shape index (κ1) is 16.4. The van der Waals surface area contributed by atoms with Crippen LogP contribution >= 0.6 is 0 Å². The number of carbonyl (C=O) groups excluding carboxylic acids is 1. The molecule has 1 atom stereocenters. The van der Waals surface area contributed by atoms with Gasteiger partial charge in [0.25, 0.3) is 0 Å². The second-order valence-corrected chi connectivity index (χ2v) is 6.94. The molecular weight excluding hydrogens is 288 g/mol.